The first kappa shape index (κ1) is 14.4. The van der Waals surface area contributed by atoms with Gasteiger partial charge < -0.3 is 0 Å². The Labute approximate surface area is 135 Å². The average molecular weight is 337 g/mol. The molecular formula is C14H10Cl2N4S. The number of H-pyrrole nitrogens is 1. The monoisotopic (exact) mass is 336 g/mol. The number of pyridine rings is 1. The fourth-order valence-electron chi connectivity index (χ4n) is 1.71. The molecule has 2 heterocycles. The number of nitrogens with zero attached hydrogens (tertiary/aromatic N) is 3. The molecule has 106 valence electrons. The molecule has 3 rings (SSSR count). The second kappa shape index (κ2) is 6.47. The smallest absolute Gasteiger partial charge is 0.209 e. The van der Waals surface area contributed by atoms with Crippen LogP contribution in [-0.2, 0) is 5.75 Å². The molecule has 21 heavy (non-hydrogen) atoms. The van der Waals surface area contributed by atoms with Crippen LogP contribution in [0.15, 0.2) is 47.8 Å². The van der Waals surface area contributed by atoms with Crippen LogP contribution in [0.3, 0.4) is 0 Å². The first-order valence-electron chi connectivity index (χ1n) is 6.13. The van der Waals surface area contributed by atoms with Gasteiger partial charge in [-0.1, -0.05) is 47.1 Å². The molecule has 0 amide bonds. The third-order valence-electron chi connectivity index (χ3n) is 2.74. The van der Waals surface area contributed by atoms with Crippen LogP contribution < -0.4 is 0 Å². The number of thioether (sulfide) groups is 1. The van der Waals surface area contributed by atoms with Crippen LogP contribution in [-0.4, -0.2) is 20.2 Å². The van der Waals surface area contributed by atoms with Gasteiger partial charge in [0.15, 0.2) is 5.82 Å². The van der Waals surface area contributed by atoms with Gasteiger partial charge in [-0.15, -0.1) is 5.10 Å². The topological polar surface area (TPSA) is 54.5 Å². The summed E-state index contributed by atoms with van der Waals surface area (Å²) >= 11 is 13.5. The minimum absolute atomic E-state index is 0.629. The van der Waals surface area contributed by atoms with Crippen molar-refractivity contribution in [1.82, 2.24) is 20.2 Å². The molecule has 0 aliphatic heterocycles. The molecule has 0 bridgehead atoms. The standard InChI is InChI=1S/C14H10Cl2N4S/c15-10-5-4-9(11(16)7-10)8-21-14-18-13(19-20-14)12-3-1-2-6-17-12/h1-7H,8H2,(H,18,19,20). The molecule has 0 spiro atoms. The summed E-state index contributed by atoms with van der Waals surface area (Å²) in [6.45, 7) is 0. The van der Waals surface area contributed by atoms with Gasteiger partial charge in [-0.3, -0.25) is 10.1 Å². The number of hydrogen-bond donors (Lipinski definition) is 1. The van der Waals surface area contributed by atoms with Crippen LogP contribution in [0.4, 0.5) is 0 Å². The van der Waals surface area contributed by atoms with E-state index < -0.39 is 0 Å². The molecule has 0 radical (unpaired) electrons. The van der Waals surface area contributed by atoms with Crippen LogP contribution in [0, 0.1) is 0 Å². The van der Waals surface area contributed by atoms with Gasteiger partial charge in [-0.25, -0.2) is 0 Å². The maximum atomic E-state index is 6.14. The van der Waals surface area contributed by atoms with E-state index in [9.17, 15) is 0 Å². The summed E-state index contributed by atoms with van der Waals surface area (Å²) in [7, 11) is 0. The number of halogens is 2. The number of aromatic amines is 1. The van der Waals surface area contributed by atoms with Crippen molar-refractivity contribution in [2.24, 2.45) is 0 Å². The summed E-state index contributed by atoms with van der Waals surface area (Å²) in [5, 5.41) is 8.99. The third kappa shape index (κ3) is 3.56. The van der Waals surface area contributed by atoms with Crippen LogP contribution >= 0.6 is 35.0 Å². The molecule has 1 aromatic carbocycles. The average Bonchev–Trinajstić information content (AvgIpc) is 2.96. The second-order valence-electron chi connectivity index (χ2n) is 4.21. The molecule has 0 saturated carbocycles. The highest BCUT2D eigenvalue weighted by Gasteiger charge is 2.08. The van der Waals surface area contributed by atoms with E-state index >= 15 is 0 Å². The number of aromatic nitrogens is 4. The van der Waals surface area contributed by atoms with Gasteiger partial charge in [0.1, 0.15) is 5.69 Å². The highest BCUT2D eigenvalue weighted by molar-refractivity contribution is 7.98. The molecule has 3 aromatic rings. The highest BCUT2D eigenvalue weighted by atomic mass is 35.5. The van der Waals surface area contributed by atoms with Gasteiger partial charge in [-0.05, 0) is 29.8 Å². The molecule has 0 fully saturated rings. The zero-order chi connectivity index (χ0) is 14.7. The Morgan fingerprint density at radius 1 is 1.14 bits per heavy atom. The SMILES string of the molecule is Clc1ccc(CSc2n[nH]c(-c3ccccn3)n2)c(Cl)c1. The van der Waals surface area contributed by atoms with Crippen molar-refractivity contribution in [2.45, 2.75) is 10.9 Å². The number of benzene rings is 1. The molecule has 0 aliphatic carbocycles. The van der Waals surface area contributed by atoms with Crippen molar-refractivity contribution in [2.75, 3.05) is 0 Å². The zero-order valence-electron chi connectivity index (χ0n) is 10.8. The Morgan fingerprint density at radius 3 is 2.81 bits per heavy atom. The van der Waals surface area contributed by atoms with Crippen molar-refractivity contribution < 1.29 is 0 Å². The molecule has 1 N–H and O–H groups in total. The lowest BCUT2D eigenvalue weighted by Crippen LogP contribution is -1.85. The Kier molecular flexibility index (Phi) is 4.43. The number of rotatable bonds is 4. The van der Waals surface area contributed by atoms with E-state index in [1.165, 1.54) is 11.8 Å². The predicted octanol–water partition coefficient (Wildman–Crippen LogP) is 4.47. The Balaban J connectivity index is 1.70. The minimum Gasteiger partial charge on any atom is -0.257 e. The molecular weight excluding hydrogens is 327 g/mol. The minimum atomic E-state index is 0.629. The maximum absolute atomic E-state index is 6.14. The van der Waals surface area contributed by atoms with E-state index in [2.05, 4.69) is 20.2 Å². The number of nitrogens with one attached hydrogen (secondary N) is 1. The van der Waals surface area contributed by atoms with Gasteiger partial charge in [0.05, 0.1) is 0 Å². The van der Waals surface area contributed by atoms with E-state index in [-0.39, 0.29) is 0 Å². The van der Waals surface area contributed by atoms with Crippen LogP contribution in [0.2, 0.25) is 10.0 Å². The lowest BCUT2D eigenvalue weighted by molar-refractivity contribution is 0.973. The first-order chi connectivity index (χ1) is 10.2. The number of hydrogen-bond acceptors (Lipinski definition) is 4. The summed E-state index contributed by atoms with van der Waals surface area (Å²) in [5.41, 5.74) is 1.76. The molecule has 0 atom stereocenters. The summed E-state index contributed by atoms with van der Waals surface area (Å²) in [6.07, 6.45) is 1.72. The molecule has 0 aliphatic rings. The van der Waals surface area contributed by atoms with Crippen molar-refractivity contribution in [3.63, 3.8) is 0 Å². The Hall–Kier alpha value is -1.56. The van der Waals surface area contributed by atoms with Crippen molar-refractivity contribution in [3.05, 3.63) is 58.2 Å². The molecule has 4 nitrogen and oxygen atoms in total. The quantitative estimate of drug-likeness (QED) is 0.714. The van der Waals surface area contributed by atoms with Crippen molar-refractivity contribution >= 4 is 35.0 Å². The Bertz CT molecular complexity index is 746. The van der Waals surface area contributed by atoms with E-state index in [4.69, 9.17) is 23.2 Å². The molecule has 7 heteroatoms. The van der Waals surface area contributed by atoms with Crippen LogP contribution in [0.5, 0.6) is 0 Å². The predicted molar refractivity (Wildman–Crippen MR) is 85.6 cm³/mol. The van der Waals surface area contributed by atoms with Gasteiger partial charge >= 0.3 is 0 Å². The lowest BCUT2D eigenvalue weighted by atomic mass is 10.2. The van der Waals surface area contributed by atoms with Gasteiger partial charge in [-0.2, -0.15) is 4.98 Å². The second-order valence-corrected chi connectivity index (χ2v) is 5.99. The molecule has 2 aromatic heterocycles. The zero-order valence-corrected chi connectivity index (χ0v) is 13.1. The van der Waals surface area contributed by atoms with E-state index in [1.54, 1.807) is 12.3 Å². The van der Waals surface area contributed by atoms with E-state index in [0.717, 1.165) is 11.3 Å². The normalized spacial score (nSPS) is 10.8. The maximum Gasteiger partial charge on any atom is 0.209 e. The lowest BCUT2D eigenvalue weighted by Gasteiger charge is -2.02. The molecule has 0 unspecified atom stereocenters. The first-order valence-corrected chi connectivity index (χ1v) is 7.87. The highest BCUT2D eigenvalue weighted by Crippen LogP contribution is 2.27. The van der Waals surface area contributed by atoms with Crippen molar-refractivity contribution in [3.8, 4) is 11.5 Å². The Morgan fingerprint density at radius 2 is 2.05 bits per heavy atom. The summed E-state index contributed by atoms with van der Waals surface area (Å²) in [6, 6.07) is 11.1. The van der Waals surface area contributed by atoms with Gasteiger partial charge in [0.25, 0.3) is 0 Å². The molecule has 0 saturated heterocycles. The summed E-state index contributed by atoms with van der Waals surface area (Å²) in [4.78, 5) is 8.63. The van der Waals surface area contributed by atoms with Crippen molar-refractivity contribution in [1.29, 1.82) is 0 Å². The van der Waals surface area contributed by atoms with Gasteiger partial charge in [0.2, 0.25) is 5.16 Å². The van der Waals surface area contributed by atoms with Gasteiger partial charge in [0, 0.05) is 22.0 Å². The largest absolute Gasteiger partial charge is 0.257 e. The van der Waals surface area contributed by atoms with E-state index in [0.29, 0.717) is 26.8 Å². The van der Waals surface area contributed by atoms with Crippen LogP contribution in [0.25, 0.3) is 11.5 Å². The summed E-state index contributed by atoms with van der Waals surface area (Å²) < 4.78 is 0. The fourth-order valence-corrected chi connectivity index (χ4v) is 3.07. The van der Waals surface area contributed by atoms with E-state index in [1.807, 2.05) is 30.3 Å². The fraction of sp³-hybridized carbons (Fsp3) is 0.0714. The van der Waals surface area contributed by atoms with Crippen LogP contribution in [0.1, 0.15) is 5.56 Å². The third-order valence-corrected chi connectivity index (χ3v) is 4.23. The summed E-state index contributed by atoms with van der Waals surface area (Å²) in [5.74, 6) is 1.33.